The number of benzene rings is 2. The van der Waals surface area contributed by atoms with Crippen LogP contribution in [-0.4, -0.2) is 10.8 Å². The molecule has 0 radical (unpaired) electrons. The summed E-state index contributed by atoms with van der Waals surface area (Å²) in [7, 11) is 0. The molecule has 0 atom stereocenters. The number of rotatable bonds is 5. The van der Waals surface area contributed by atoms with Gasteiger partial charge in [-0.2, -0.15) is 10.2 Å². The predicted octanol–water partition coefficient (Wildman–Crippen LogP) is 3.23. The number of nitrogens with one attached hydrogen (secondary N) is 1. The molecule has 0 bridgehead atoms. The maximum Gasteiger partial charge on any atom is 0.269 e. The van der Waals surface area contributed by atoms with E-state index in [4.69, 9.17) is 5.73 Å². The molecule has 3 N–H and O–H groups in total. The van der Waals surface area contributed by atoms with Crippen LogP contribution in [0.1, 0.15) is 12.5 Å². The third-order valence-corrected chi connectivity index (χ3v) is 2.97. The Morgan fingerprint density at radius 1 is 1.22 bits per heavy atom. The normalized spacial score (nSPS) is 10.7. The van der Waals surface area contributed by atoms with Crippen molar-refractivity contribution >= 4 is 28.7 Å². The van der Waals surface area contributed by atoms with E-state index < -0.39 is 4.92 Å². The molecule has 118 valence electrons. The molecule has 1 amide bonds. The molecule has 0 heterocycles. The zero-order chi connectivity index (χ0) is 16.8. The summed E-state index contributed by atoms with van der Waals surface area (Å²) in [5, 5.41) is 21.6. The van der Waals surface area contributed by atoms with Gasteiger partial charge in [-0.3, -0.25) is 14.9 Å². The highest BCUT2D eigenvalue weighted by atomic mass is 16.6. The molecule has 0 unspecified atom stereocenters. The fourth-order valence-corrected chi connectivity index (χ4v) is 1.80. The number of hydrogen-bond donors (Lipinski definition) is 2. The van der Waals surface area contributed by atoms with Crippen LogP contribution >= 0.6 is 0 Å². The highest BCUT2D eigenvalue weighted by molar-refractivity contribution is 5.73. The number of carbonyl (C=O) groups excluding carboxylic acids is 1. The minimum absolute atomic E-state index is 0.0724. The van der Waals surface area contributed by atoms with E-state index in [0.717, 1.165) is 0 Å². The first-order chi connectivity index (χ1) is 11.0. The van der Waals surface area contributed by atoms with Crippen molar-refractivity contribution in [1.29, 1.82) is 0 Å². The lowest BCUT2D eigenvalue weighted by Crippen LogP contribution is -2.19. The fraction of sp³-hybridized carbons (Fsp3) is 0.133. The van der Waals surface area contributed by atoms with Gasteiger partial charge in [0.2, 0.25) is 5.91 Å². The second kappa shape index (κ2) is 7.12. The molecular weight excluding hydrogens is 298 g/mol. The lowest BCUT2D eigenvalue weighted by molar-refractivity contribution is -0.384. The van der Waals surface area contributed by atoms with Gasteiger partial charge in [0, 0.05) is 36.9 Å². The number of hydrogen-bond acceptors (Lipinski definition) is 6. The van der Waals surface area contributed by atoms with E-state index in [1.807, 2.05) is 0 Å². The highest BCUT2D eigenvalue weighted by Gasteiger charge is 2.11. The average Bonchev–Trinajstić information content (AvgIpc) is 2.52. The minimum atomic E-state index is -0.502. The lowest BCUT2D eigenvalue weighted by Gasteiger charge is -2.05. The smallest absolute Gasteiger partial charge is 0.269 e. The Hall–Kier alpha value is -3.29. The summed E-state index contributed by atoms with van der Waals surface area (Å²) in [6, 6.07) is 11.0. The number of nitrogen functional groups attached to an aromatic ring is 1. The Bertz CT molecular complexity index is 756. The molecule has 2 aromatic rings. The number of nitrogens with zero attached hydrogens (tertiary/aromatic N) is 3. The molecule has 23 heavy (non-hydrogen) atoms. The predicted molar refractivity (Wildman–Crippen MR) is 85.6 cm³/mol. The van der Waals surface area contributed by atoms with Crippen LogP contribution in [0.5, 0.6) is 0 Å². The Kier molecular flexibility index (Phi) is 4.98. The van der Waals surface area contributed by atoms with Gasteiger partial charge in [-0.05, 0) is 30.3 Å². The van der Waals surface area contributed by atoms with Crippen LogP contribution in [0.2, 0.25) is 0 Å². The number of anilines is 1. The van der Waals surface area contributed by atoms with Crippen molar-refractivity contribution in [3.05, 3.63) is 58.1 Å². The van der Waals surface area contributed by atoms with E-state index >= 15 is 0 Å². The summed E-state index contributed by atoms with van der Waals surface area (Å²) in [6.07, 6.45) is 0. The molecule has 0 spiro atoms. The summed E-state index contributed by atoms with van der Waals surface area (Å²) in [4.78, 5) is 21.4. The van der Waals surface area contributed by atoms with Crippen molar-refractivity contribution in [3.63, 3.8) is 0 Å². The van der Waals surface area contributed by atoms with Gasteiger partial charge >= 0.3 is 0 Å². The van der Waals surface area contributed by atoms with Crippen molar-refractivity contribution in [1.82, 2.24) is 5.32 Å². The van der Waals surface area contributed by atoms with Gasteiger partial charge in [0.15, 0.2) is 0 Å². The lowest BCUT2D eigenvalue weighted by atomic mass is 10.1. The maximum atomic E-state index is 11.0. The largest absolute Gasteiger partial charge is 0.399 e. The number of non-ortho nitro benzene ring substituents is 1. The summed E-state index contributed by atoms with van der Waals surface area (Å²) >= 11 is 0. The van der Waals surface area contributed by atoms with E-state index in [1.54, 1.807) is 24.3 Å². The minimum Gasteiger partial charge on any atom is -0.399 e. The van der Waals surface area contributed by atoms with Crippen molar-refractivity contribution in [2.75, 3.05) is 5.73 Å². The molecule has 0 saturated carbocycles. The quantitative estimate of drug-likeness (QED) is 0.380. The van der Waals surface area contributed by atoms with Crippen molar-refractivity contribution in [2.24, 2.45) is 10.2 Å². The zero-order valence-corrected chi connectivity index (χ0v) is 12.4. The summed E-state index contributed by atoms with van der Waals surface area (Å²) in [6.45, 7) is 1.50. The van der Waals surface area contributed by atoms with Gasteiger partial charge in [-0.25, -0.2) is 0 Å². The van der Waals surface area contributed by atoms with Crippen molar-refractivity contribution in [3.8, 4) is 0 Å². The third kappa shape index (κ3) is 4.60. The monoisotopic (exact) mass is 313 g/mol. The van der Waals surface area contributed by atoms with Crippen molar-refractivity contribution in [2.45, 2.75) is 13.5 Å². The molecular formula is C15H15N5O3. The second-order valence-corrected chi connectivity index (χ2v) is 4.77. The van der Waals surface area contributed by atoms with Crippen LogP contribution in [0.25, 0.3) is 0 Å². The number of nitrogens with two attached hydrogens (primary N) is 1. The second-order valence-electron chi connectivity index (χ2n) is 4.77. The molecule has 2 rings (SSSR count). The number of nitro benzene ring substituents is 1. The van der Waals surface area contributed by atoms with Gasteiger partial charge in [-0.1, -0.05) is 0 Å². The Balaban J connectivity index is 2.29. The van der Waals surface area contributed by atoms with E-state index in [9.17, 15) is 14.9 Å². The van der Waals surface area contributed by atoms with Crippen LogP contribution in [-0.2, 0) is 11.3 Å². The molecule has 8 nitrogen and oxygen atoms in total. The van der Waals surface area contributed by atoms with Crippen LogP contribution in [0, 0.1) is 10.1 Å². The Morgan fingerprint density at radius 3 is 2.52 bits per heavy atom. The molecule has 0 fully saturated rings. The first kappa shape index (κ1) is 16.1. The van der Waals surface area contributed by atoms with Crippen LogP contribution in [0.15, 0.2) is 52.7 Å². The van der Waals surface area contributed by atoms with E-state index in [2.05, 4.69) is 15.5 Å². The molecule has 8 heteroatoms. The molecule has 0 aliphatic heterocycles. The number of amides is 1. The topological polar surface area (TPSA) is 123 Å². The first-order valence-corrected chi connectivity index (χ1v) is 6.75. The fourth-order valence-electron chi connectivity index (χ4n) is 1.80. The van der Waals surface area contributed by atoms with E-state index in [1.165, 1.54) is 25.1 Å². The third-order valence-electron chi connectivity index (χ3n) is 2.97. The first-order valence-electron chi connectivity index (χ1n) is 6.75. The SMILES string of the molecule is CC(=O)NCc1cc([N+](=O)[O-])ccc1N=Nc1ccc(N)cc1. The highest BCUT2D eigenvalue weighted by Crippen LogP contribution is 2.26. The van der Waals surface area contributed by atoms with Crippen molar-refractivity contribution < 1.29 is 9.72 Å². The number of carbonyl (C=O) groups is 1. The Labute approximate surface area is 132 Å². The summed E-state index contributed by atoms with van der Waals surface area (Å²) in [5.74, 6) is -0.238. The van der Waals surface area contributed by atoms with Crippen LogP contribution in [0.4, 0.5) is 22.7 Å². The maximum absolute atomic E-state index is 11.0. The molecule has 0 aromatic heterocycles. The van der Waals surface area contributed by atoms with E-state index in [-0.39, 0.29) is 18.1 Å². The molecule has 0 aliphatic rings. The van der Waals surface area contributed by atoms with Gasteiger partial charge in [-0.15, -0.1) is 0 Å². The average molecular weight is 313 g/mol. The zero-order valence-electron chi connectivity index (χ0n) is 12.4. The molecule has 0 saturated heterocycles. The molecule has 0 aliphatic carbocycles. The Morgan fingerprint density at radius 2 is 1.91 bits per heavy atom. The van der Waals surface area contributed by atoms with Gasteiger partial charge in [0.05, 0.1) is 16.3 Å². The van der Waals surface area contributed by atoms with Gasteiger partial charge < -0.3 is 11.1 Å². The number of nitro groups is 1. The number of azo groups is 1. The van der Waals surface area contributed by atoms with Gasteiger partial charge in [0.1, 0.15) is 0 Å². The van der Waals surface area contributed by atoms with E-state index in [0.29, 0.717) is 22.6 Å². The molecule has 2 aromatic carbocycles. The summed E-state index contributed by atoms with van der Waals surface area (Å²) < 4.78 is 0. The van der Waals surface area contributed by atoms with Crippen LogP contribution in [0.3, 0.4) is 0 Å². The van der Waals surface area contributed by atoms with Gasteiger partial charge in [0.25, 0.3) is 5.69 Å². The summed E-state index contributed by atoms with van der Waals surface area (Å²) in [5.41, 5.74) is 7.69. The standard InChI is InChI=1S/C15H15N5O3/c1-10(21)17-9-11-8-14(20(22)23)6-7-15(11)19-18-13-4-2-12(16)3-5-13/h2-8H,9,16H2,1H3,(H,17,21). The van der Waals surface area contributed by atoms with Crippen LogP contribution < -0.4 is 11.1 Å².